The summed E-state index contributed by atoms with van der Waals surface area (Å²) >= 11 is 1.73. The largest absolute Gasteiger partial charge is 0.396 e. The van der Waals surface area contributed by atoms with Crippen molar-refractivity contribution in [1.82, 2.24) is 5.32 Å². The maximum absolute atomic E-state index is 12.1. The van der Waals surface area contributed by atoms with Crippen molar-refractivity contribution >= 4 is 21.6 Å². The van der Waals surface area contributed by atoms with Crippen LogP contribution in [0.4, 0.5) is 0 Å². The summed E-state index contributed by atoms with van der Waals surface area (Å²) in [5.74, 6) is 1.82. The van der Waals surface area contributed by atoms with Gasteiger partial charge in [0.05, 0.1) is 22.3 Å². The molecule has 0 radical (unpaired) electrons. The van der Waals surface area contributed by atoms with E-state index in [1.807, 2.05) is 6.07 Å². The van der Waals surface area contributed by atoms with Crippen molar-refractivity contribution in [2.24, 2.45) is 0 Å². The van der Waals surface area contributed by atoms with Crippen molar-refractivity contribution in [3.05, 3.63) is 29.8 Å². The van der Waals surface area contributed by atoms with Gasteiger partial charge in [-0.2, -0.15) is 17.0 Å². The van der Waals surface area contributed by atoms with Gasteiger partial charge in [-0.25, -0.2) is 8.42 Å². The fraction of sp³-hybridized carbons (Fsp3) is 0.500. The summed E-state index contributed by atoms with van der Waals surface area (Å²) in [6, 6.07) is 8.02. The molecule has 0 spiro atoms. The SMILES string of the molecule is N#Cc1cccc(S(=O)(=O)CCNCCSCCCO)c1. The molecule has 0 saturated heterocycles. The minimum absolute atomic E-state index is 0.0171. The molecule has 0 bridgehead atoms. The fourth-order valence-electron chi connectivity index (χ4n) is 1.62. The number of rotatable bonds is 10. The lowest BCUT2D eigenvalue weighted by Gasteiger charge is -2.06. The maximum atomic E-state index is 12.1. The van der Waals surface area contributed by atoms with Gasteiger partial charge in [0, 0.05) is 25.4 Å². The molecule has 1 aromatic carbocycles. The van der Waals surface area contributed by atoms with Crippen molar-refractivity contribution in [3.63, 3.8) is 0 Å². The van der Waals surface area contributed by atoms with Crippen molar-refractivity contribution in [3.8, 4) is 6.07 Å². The number of nitrogens with zero attached hydrogens (tertiary/aromatic N) is 1. The van der Waals surface area contributed by atoms with Crippen LogP contribution in [0, 0.1) is 11.3 Å². The van der Waals surface area contributed by atoms with Crippen LogP contribution >= 0.6 is 11.8 Å². The van der Waals surface area contributed by atoms with Crippen LogP contribution in [0.15, 0.2) is 29.2 Å². The summed E-state index contributed by atoms with van der Waals surface area (Å²) in [6.07, 6.45) is 0.786. The number of nitriles is 1. The van der Waals surface area contributed by atoms with Gasteiger partial charge in [-0.15, -0.1) is 0 Å². The molecule has 5 nitrogen and oxygen atoms in total. The van der Waals surface area contributed by atoms with Crippen LogP contribution in [-0.2, 0) is 9.84 Å². The van der Waals surface area contributed by atoms with Crippen LogP contribution in [0.25, 0.3) is 0 Å². The number of sulfone groups is 1. The molecule has 0 aliphatic carbocycles. The standard InChI is InChI=1S/C14H20N2O3S2/c15-12-13-3-1-4-14(11-13)21(18,19)10-6-16-5-9-20-8-2-7-17/h1,3-4,11,16-17H,2,5-10H2. The number of hydrogen-bond acceptors (Lipinski definition) is 6. The lowest BCUT2D eigenvalue weighted by Crippen LogP contribution is -2.25. The Hall–Kier alpha value is -1.07. The van der Waals surface area contributed by atoms with Crippen LogP contribution in [0.1, 0.15) is 12.0 Å². The first-order valence-corrected chi connectivity index (χ1v) is 9.53. The number of benzene rings is 1. The minimum Gasteiger partial charge on any atom is -0.396 e. The van der Waals surface area contributed by atoms with E-state index >= 15 is 0 Å². The van der Waals surface area contributed by atoms with E-state index in [2.05, 4.69) is 5.32 Å². The fourth-order valence-corrected chi connectivity index (χ4v) is 3.69. The third kappa shape index (κ3) is 6.96. The second kappa shape index (κ2) is 9.79. The molecular formula is C14H20N2O3S2. The van der Waals surface area contributed by atoms with Crippen molar-refractivity contribution in [1.29, 1.82) is 5.26 Å². The quantitative estimate of drug-likeness (QED) is 0.624. The number of nitrogens with one attached hydrogen (secondary N) is 1. The molecule has 1 aromatic rings. The number of hydrogen-bond donors (Lipinski definition) is 2. The molecule has 0 saturated carbocycles. The van der Waals surface area contributed by atoms with Crippen molar-refractivity contribution < 1.29 is 13.5 Å². The molecule has 0 aliphatic rings. The highest BCUT2D eigenvalue weighted by molar-refractivity contribution is 7.99. The van der Waals surface area contributed by atoms with Crippen LogP contribution in [0.2, 0.25) is 0 Å². The average Bonchev–Trinajstić information content (AvgIpc) is 2.50. The minimum atomic E-state index is -3.35. The number of aliphatic hydroxyl groups is 1. The highest BCUT2D eigenvalue weighted by Crippen LogP contribution is 2.12. The Labute approximate surface area is 130 Å². The normalized spacial score (nSPS) is 11.2. The average molecular weight is 328 g/mol. The maximum Gasteiger partial charge on any atom is 0.179 e. The summed E-state index contributed by atoms with van der Waals surface area (Å²) in [5, 5.41) is 20.5. The van der Waals surface area contributed by atoms with E-state index in [0.29, 0.717) is 12.1 Å². The Morgan fingerprint density at radius 2 is 2.10 bits per heavy atom. The van der Waals surface area contributed by atoms with Crippen LogP contribution in [0.3, 0.4) is 0 Å². The first kappa shape index (κ1) is 18.0. The number of thioether (sulfide) groups is 1. The molecule has 0 atom stereocenters. The lowest BCUT2D eigenvalue weighted by molar-refractivity contribution is 0.296. The zero-order valence-electron chi connectivity index (χ0n) is 11.8. The van der Waals surface area contributed by atoms with Gasteiger partial charge in [-0.1, -0.05) is 6.07 Å². The van der Waals surface area contributed by atoms with Crippen LogP contribution in [-0.4, -0.2) is 50.5 Å². The first-order chi connectivity index (χ1) is 10.1. The van der Waals surface area contributed by atoms with E-state index in [0.717, 1.165) is 24.5 Å². The smallest absolute Gasteiger partial charge is 0.179 e. The van der Waals surface area contributed by atoms with Gasteiger partial charge in [0.15, 0.2) is 9.84 Å². The van der Waals surface area contributed by atoms with Crippen LogP contribution in [0.5, 0.6) is 0 Å². The molecule has 0 fully saturated rings. The molecule has 7 heteroatoms. The predicted molar refractivity (Wildman–Crippen MR) is 85.1 cm³/mol. The molecule has 0 aliphatic heterocycles. The van der Waals surface area contributed by atoms with Crippen molar-refractivity contribution in [2.75, 3.05) is 37.0 Å². The van der Waals surface area contributed by atoms with E-state index in [1.54, 1.807) is 23.9 Å². The topological polar surface area (TPSA) is 90.2 Å². The third-order valence-corrected chi connectivity index (χ3v) is 5.52. The van der Waals surface area contributed by atoms with E-state index in [1.165, 1.54) is 12.1 Å². The molecule has 2 N–H and O–H groups in total. The Morgan fingerprint density at radius 3 is 2.81 bits per heavy atom. The Bertz CT molecular complexity index is 568. The zero-order chi connectivity index (χ0) is 15.6. The summed E-state index contributed by atoms with van der Waals surface area (Å²) in [7, 11) is -3.35. The van der Waals surface area contributed by atoms with Gasteiger partial charge in [0.2, 0.25) is 0 Å². The Balaban J connectivity index is 2.32. The number of aliphatic hydroxyl groups excluding tert-OH is 1. The van der Waals surface area contributed by atoms with Gasteiger partial charge in [-0.3, -0.25) is 0 Å². The van der Waals surface area contributed by atoms with E-state index < -0.39 is 9.84 Å². The molecule has 0 amide bonds. The zero-order valence-corrected chi connectivity index (χ0v) is 13.4. The second-order valence-electron chi connectivity index (χ2n) is 4.40. The first-order valence-electron chi connectivity index (χ1n) is 6.72. The molecule has 0 unspecified atom stereocenters. The molecule has 0 aromatic heterocycles. The molecular weight excluding hydrogens is 308 g/mol. The summed E-state index contributed by atoms with van der Waals surface area (Å²) in [4.78, 5) is 0.195. The van der Waals surface area contributed by atoms with E-state index in [9.17, 15) is 8.42 Å². The third-order valence-electron chi connectivity index (χ3n) is 2.74. The van der Waals surface area contributed by atoms with Crippen LogP contribution < -0.4 is 5.32 Å². The molecule has 116 valence electrons. The van der Waals surface area contributed by atoms with Gasteiger partial charge in [0.1, 0.15) is 0 Å². The van der Waals surface area contributed by atoms with Crippen molar-refractivity contribution in [2.45, 2.75) is 11.3 Å². The molecule has 0 heterocycles. The predicted octanol–water partition coefficient (Wildman–Crippen LogP) is 1.04. The summed E-state index contributed by atoms with van der Waals surface area (Å²) in [6.45, 7) is 1.34. The van der Waals surface area contributed by atoms with Gasteiger partial charge >= 0.3 is 0 Å². The summed E-state index contributed by atoms with van der Waals surface area (Å²) in [5.41, 5.74) is 0.351. The van der Waals surface area contributed by atoms with Gasteiger partial charge < -0.3 is 10.4 Å². The summed E-state index contributed by atoms with van der Waals surface area (Å²) < 4.78 is 24.2. The highest BCUT2D eigenvalue weighted by Gasteiger charge is 2.14. The van der Waals surface area contributed by atoms with E-state index in [4.69, 9.17) is 10.4 Å². The highest BCUT2D eigenvalue weighted by atomic mass is 32.2. The van der Waals surface area contributed by atoms with E-state index in [-0.39, 0.29) is 17.3 Å². The van der Waals surface area contributed by atoms with Gasteiger partial charge in [-0.05, 0) is 30.4 Å². The monoisotopic (exact) mass is 328 g/mol. The molecule has 21 heavy (non-hydrogen) atoms. The molecule has 1 rings (SSSR count). The van der Waals surface area contributed by atoms with Gasteiger partial charge in [0.25, 0.3) is 0 Å². The second-order valence-corrected chi connectivity index (χ2v) is 7.73. The Morgan fingerprint density at radius 1 is 1.29 bits per heavy atom. The lowest BCUT2D eigenvalue weighted by atomic mass is 10.2. The Kier molecular flexibility index (Phi) is 8.38.